The number of hydrogen-bond donors (Lipinski definition) is 2. The van der Waals surface area contributed by atoms with E-state index in [4.69, 9.17) is 25.8 Å². The summed E-state index contributed by atoms with van der Waals surface area (Å²) in [6.45, 7) is 4.74. The molecule has 1 amide bonds. The lowest BCUT2D eigenvalue weighted by molar-refractivity contribution is 0.0500. The van der Waals surface area contributed by atoms with Crippen LogP contribution in [-0.2, 0) is 14.7 Å². The quantitative estimate of drug-likeness (QED) is 0.537. The molecule has 1 aliphatic carbocycles. The maximum atomic E-state index is 13.5. The van der Waals surface area contributed by atoms with Gasteiger partial charge in [-0.25, -0.2) is 9.78 Å². The maximum Gasteiger partial charge on any atom is 0.410 e. The number of nitrogens with zero attached hydrogens (tertiary/aromatic N) is 3. The summed E-state index contributed by atoms with van der Waals surface area (Å²) in [5.74, 6) is 1.04. The molecule has 9 nitrogen and oxygen atoms in total. The predicted octanol–water partition coefficient (Wildman–Crippen LogP) is 4.18. The van der Waals surface area contributed by atoms with Crippen molar-refractivity contribution in [1.29, 1.82) is 0 Å². The molecule has 3 aliphatic heterocycles. The number of carbonyl (C=O) groups excluding carboxylic acids is 1. The molecule has 0 atom stereocenters. The minimum atomic E-state index is -2.53. The Bertz CT molecular complexity index is 1160. The van der Waals surface area contributed by atoms with Crippen LogP contribution in [0.2, 0.25) is 5.02 Å². The van der Waals surface area contributed by atoms with Gasteiger partial charge >= 0.3 is 6.09 Å². The highest BCUT2D eigenvalue weighted by molar-refractivity contribution is 8.05. The van der Waals surface area contributed by atoms with Crippen molar-refractivity contribution in [1.82, 2.24) is 14.9 Å². The highest BCUT2D eigenvalue weighted by atomic mass is 35.5. The number of likely N-dealkylation sites (tertiary alicyclic amines) is 1. The average Bonchev–Trinajstić information content (AvgIpc) is 3.65. The van der Waals surface area contributed by atoms with E-state index >= 15 is 0 Å². The van der Waals surface area contributed by atoms with Crippen LogP contribution in [0, 0.1) is 0 Å². The Morgan fingerprint density at radius 1 is 1.21 bits per heavy atom. The van der Waals surface area contributed by atoms with E-state index in [1.807, 2.05) is 19.9 Å². The van der Waals surface area contributed by atoms with E-state index in [-0.39, 0.29) is 23.6 Å². The number of piperidine rings is 1. The van der Waals surface area contributed by atoms with Crippen LogP contribution >= 0.6 is 11.6 Å². The Labute approximate surface area is 204 Å². The van der Waals surface area contributed by atoms with Gasteiger partial charge in [-0.3, -0.25) is 4.21 Å². The van der Waals surface area contributed by atoms with Crippen LogP contribution in [0.25, 0.3) is 0 Å². The number of thiol groups is 1. The van der Waals surface area contributed by atoms with Crippen LogP contribution < -0.4 is 14.8 Å². The molecule has 34 heavy (non-hydrogen) atoms. The minimum absolute atomic E-state index is 0.132. The molecule has 1 aromatic carbocycles. The van der Waals surface area contributed by atoms with Gasteiger partial charge in [-0.15, -0.1) is 0 Å². The zero-order chi connectivity index (χ0) is 24.0. The van der Waals surface area contributed by atoms with E-state index in [9.17, 15) is 9.00 Å². The van der Waals surface area contributed by atoms with Crippen molar-refractivity contribution in [3.05, 3.63) is 23.5 Å². The van der Waals surface area contributed by atoms with Gasteiger partial charge in [0.1, 0.15) is 12.4 Å². The molecule has 0 unspecified atom stereocenters. The molecule has 1 aromatic heterocycles. The Kier molecular flexibility index (Phi) is 6.05. The summed E-state index contributed by atoms with van der Waals surface area (Å²) in [5.41, 5.74) is 0.604. The Morgan fingerprint density at radius 2 is 1.94 bits per heavy atom. The standard InChI is InChI=1S/C23H29ClN4O5S/c1-13(2)32-23(29)28-8-6-14(7-9-28)33-22-20(31-3)21(25-12-26-22)27-19-17(24)10-16-11-18(19)34(16,30)15-4-5-15/h10-15,34H,4-9H2,1-3H3,(H,25,26,27). The molecule has 1 saturated carbocycles. The molecule has 1 N–H and O–H groups in total. The van der Waals surface area contributed by atoms with Crippen LogP contribution in [0.3, 0.4) is 0 Å². The third kappa shape index (κ3) is 4.07. The SMILES string of the molecule is COc1c(Nc2c(Cl)cc3cc2[SH]3(=O)C2CC2)ncnc1OC1CCN(C(=O)OC(C)C)CC1. The first-order valence-corrected chi connectivity index (χ1v) is 13.7. The van der Waals surface area contributed by atoms with Crippen molar-refractivity contribution in [2.75, 3.05) is 25.5 Å². The molecule has 2 bridgehead atoms. The number of hydrogen-bond acceptors (Lipinski definition) is 8. The topological polar surface area (TPSA) is 103 Å². The third-order valence-electron chi connectivity index (χ3n) is 6.39. The molecule has 6 rings (SSSR count). The lowest BCUT2D eigenvalue weighted by Crippen LogP contribution is -2.42. The maximum absolute atomic E-state index is 13.5. The fourth-order valence-electron chi connectivity index (χ4n) is 4.50. The van der Waals surface area contributed by atoms with E-state index in [0.717, 1.165) is 22.6 Å². The van der Waals surface area contributed by atoms with Crippen molar-refractivity contribution < 1.29 is 23.2 Å². The van der Waals surface area contributed by atoms with Crippen molar-refractivity contribution >= 4 is 39.1 Å². The monoisotopic (exact) mass is 508 g/mol. The number of halogens is 1. The highest BCUT2D eigenvalue weighted by Gasteiger charge is 2.46. The molecule has 0 spiro atoms. The van der Waals surface area contributed by atoms with Crippen molar-refractivity contribution in [2.24, 2.45) is 0 Å². The Balaban J connectivity index is 1.30. The molecule has 1 saturated heterocycles. The first kappa shape index (κ1) is 23.2. The van der Waals surface area contributed by atoms with Crippen molar-refractivity contribution in [3.63, 3.8) is 0 Å². The summed E-state index contributed by atoms with van der Waals surface area (Å²) in [6, 6.07) is 3.73. The number of benzene rings is 1. The summed E-state index contributed by atoms with van der Waals surface area (Å²) < 4.78 is 30.6. The summed E-state index contributed by atoms with van der Waals surface area (Å²) in [5, 5.41) is 3.97. The summed E-state index contributed by atoms with van der Waals surface area (Å²) in [7, 11) is -1.00. The molecular weight excluding hydrogens is 480 g/mol. The normalized spacial score (nSPS) is 19.9. The van der Waals surface area contributed by atoms with Gasteiger partial charge < -0.3 is 24.4 Å². The van der Waals surface area contributed by atoms with Crippen LogP contribution in [0.1, 0.15) is 39.5 Å². The van der Waals surface area contributed by atoms with Gasteiger partial charge in [-0.2, -0.15) is 4.98 Å². The second-order valence-electron chi connectivity index (χ2n) is 9.13. The van der Waals surface area contributed by atoms with Crippen LogP contribution in [0.5, 0.6) is 11.6 Å². The fourth-order valence-corrected chi connectivity index (χ4v) is 8.15. The Hall–Kier alpha value is -2.59. The summed E-state index contributed by atoms with van der Waals surface area (Å²) >= 11 is 6.49. The van der Waals surface area contributed by atoms with E-state index in [1.165, 1.54) is 13.4 Å². The first-order chi connectivity index (χ1) is 16.3. The van der Waals surface area contributed by atoms with E-state index in [1.54, 1.807) is 11.0 Å². The zero-order valence-electron chi connectivity index (χ0n) is 19.4. The van der Waals surface area contributed by atoms with Gasteiger partial charge in [-0.05, 0) is 38.8 Å². The van der Waals surface area contributed by atoms with Gasteiger partial charge in [0.25, 0.3) is 5.88 Å². The molecule has 184 valence electrons. The van der Waals surface area contributed by atoms with Gasteiger partial charge in [0, 0.05) is 41.0 Å². The zero-order valence-corrected chi connectivity index (χ0v) is 21.1. The predicted molar refractivity (Wildman–Crippen MR) is 129 cm³/mol. The lowest BCUT2D eigenvalue weighted by atomic mass is 10.1. The van der Waals surface area contributed by atoms with Gasteiger partial charge in [0.05, 0.1) is 23.9 Å². The van der Waals surface area contributed by atoms with Crippen molar-refractivity contribution in [3.8, 4) is 11.6 Å². The third-order valence-corrected chi connectivity index (χ3v) is 10.3. The largest absolute Gasteiger partial charge is 0.489 e. The molecule has 2 aromatic rings. The van der Waals surface area contributed by atoms with Gasteiger partial charge in [0.2, 0.25) is 5.75 Å². The number of aromatic nitrogens is 2. The van der Waals surface area contributed by atoms with Crippen LogP contribution in [0.4, 0.5) is 16.3 Å². The van der Waals surface area contributed by atoms with E-state index < -0.39 is 9.93 Å². The number of carbonyl (C=O) groups is 1. The van der Waals surface area contributed by atoms with Crippen LogP contribution in [-0.4, -0.2) is 62.8 Å². The highest BCUT2D eigenvalue weighted by Crippen LogP contribution is 2.56. The van der Waals surface area contributed by atoms with E-state index in [0.29, 0.717) is 54.1 Å². The minimum Gasteiger partial charge on any atom is -0.489 e. The van der Waals surface area contributed by atoms with Gasteiger partial charge in [0.15, 0.2) is 5.82 Å². The molecule has 11 heteroatoms. The Morgan fingerprint density at radius 3 is 2.59 bits per heavy atom. The number of ether oxygens (including phenoxy) is 3. The number of nitrogens with one attached hydrogen (secondary N) is 1. The number of fused-ring (bicyclic) bond motifs is 2. The number of anilines is 2. The fraction of sp³-hybridized carbons (Fsp3) is 0.522. The average molecular weight is 509 g/mol. The van der Waals surface area contributed by atoms with Crippen LogP contribution in [0.15, 0.2) is 28.3 Å². The molecular formula is C23H29ClN4O5S. The van der Waals surface area contributed by atoms with Crippen molar-refractivity contribution in [2.45, 2.75) is 66.8 Å². The second kappa shape index (κ2) is 8.88. The number of methoxy groups -OCH3 is 1. The lowest BCUT2D eigenvalue weighted by Gasteiger charge is -2.36. The summed E-state index contributed by atoms with van der Waals surface area (Å²) in [4.78, 5) is 24.1. The number of amides is 1. The smallest absolute Gasteiger partial charge is 0.410 e. The molecule has 2 fully saturated rings. The number of rotatable bonds is 7. The summed E-state index contributed by atoms with van der Waals surface area (Å²) in [6.07, 6.45) is 4.07. The van der Waals surface area contributed by atoms with E-state index in [2.05, 4.69) is 15.3 Å². The molecule has 4 aliphatic rings. The first-order valence-electron chi connectivity index (χ1n) is 11.5. The van der Waals surface area contributed by atoms with Gasteiger partial charge in [-0.1, -0.05) is 21.5 Å². The second-order valence-corrected chi connectivity index (χ2v) is 12.6. The molecule has 0 radical (unpaired) electrons. The molecule has 4 heterocycles.